The molecule has 6 heteroatoms. The van der Waals surface area contributed by atoms with Crippen molar-refractivity contribution >= 4 is 10.0 Å². The van der Waals surface area contributed by atoms with E-state index in [0.717, 1.165) is 25.7 Å². The average molecular weight is 265 g/mol. The third-order valence-electron chi connectivity index (χ3n) is 3.43. The molecule has 0 bridgehead atoms. The van der Waals surface area contributed by atoms with Gasteiger partial charge in [0.2, 0.25) is 10.0 Å². The minimum absolute atomic E-state index is 0.0631. The fraction of sp³-hybridized carbons (Fsp3) is 1.00. The smallest absolute Gasteiger partial charge is 0.211 e. The molecule has 0 heterocycles. The van der Waals surface area contributed by atoms with E-state index in [0.29, 0.717) is 19.6 Å². The van der Waals surface area contributed by atoms with Crippen LogP contribution < -0.4 is 4.72 Å². The van der Waals surface area contributed by atoms with Gasteiger partial charge in [0, 0.05) is 32.3 Å². The van der Waals surface area contributed by atoms with E-state index in [-0.39, 0.29) is 17.8 Å². The molecule has 1 aliphatic carbocycles. The first kappa shape index (κ1) is 14.9. The molecule has 17 heavy (non-hydrogen) atoms. The molecule has 5 nitrogen and oxygen atoms in total. The number of rotatable bonds is 8. The molecule has 102 valence electrons. The Labute approximate surface area is 104 Å². The zero-order chi connectivity index (χ0) is 12.8. The van der Waals surface area contributed by atoms with Gasteiger partial charge in [0.15, 0.2) is 0 Å². The molecule has 0 saturated heterocycles. The standard InChI is InChI=1S/C11H23NO4S/c1-16-7-4-8-17(14,15)12-9-11(10-13)5-2-3-6-11/h12-13H,2-10H2,1H3. The maximum Gasteiger partial charge on any atom is 0.211 e. The summed E-state index contributed by atoms with van der Waals surface area (Å²) in [7, 11) is -1.68. The van der Waals surface area contributed by atoms with Crippen LogP contribution in [0.1, 0.15) is 32.1 Å². The molecule has 0 amide bonds. The minimum atomic E-state index is -3.23. The van der Waals surface area contributed by atoms with Crippen molar-refractivity contribution in [2.45, 2.75) is 32.1 Å². The number of aliphatic hydroxyl groups is 1. The van der Waals surface area contributed by atoms with Crippen molar-refractivity contribution in [2.24, 2.45) is 5.41 Å². The third kappa shape index (κ3) is 4.91. The normalized spacial score (nSPS) is 19.6. The maximum atomic E-state index is 11.7. The van der Waals surface area contributed by atoms with Crippen molar-refractivity contribution in [3.63, 3.8) is 0 Å². The zero-order valence-corrected chi connectivity index (χ0v) is 11.3. The van der Waals surface area contributed by atoms with E-state index < -0.39 is 10.0 Å². The van der Waals surface area contributed by atoms with Crippen LogP contribution in [0.15, 0.2) is 0 Å². The van der Waals surface area contributed by atoms with Crippen LogP contribution in [0.4, 0.5) is 0 Å². The summed E-state index contributed by atoms with van der Waals surface area (Å²) >= 11 is 0. The van der Waals surface area contributed by atoms with E-state index in [1.807, 2.05) is 0 Å². The number of hydrogen-bond acceptors (Lipinski definition) is 4. The summed E-state index contributed by atoms with van der Waals surface area (Å²) in [5, 5.41) is 9.37. The van der Waals surface area contributed by atoms with Crippen molar-refractivity contribution in [2.75, 3.05) is 32.6 Å². The van der Waals surface area contributed by atoms with Gasteiger partial charge in [-0.25, -0.2) is 13.1 Å². The van der Waals surface area contributed by atoms with Crippen LogP contribution in [0.3, 0.4) is 0 Å². The summed E-state index contributed by atoms with van der Waals surface area (Å²) in [6.45, 7) is 0.873. The number of nitrogens with one attached hydrogen (secondary N) is 1. The SMILES string of the molecule is COCCCS(=O)(=O)NCC1(CO)CCCC1. The van der Waals surface area contributed by atoms with Gasteiger partial charge >= 0.3 is 0 Å². The Morgan fingerprint density at radius 1 is 1.35 bits per heavy atom. The molecule has 0 atom stereocenters. The Kier molecular flexibility index (Phi) is 5.85. The fourth-order valence-corrected chi connectivity index (χ4v) is 3.41. The molecule has 0 aromatic heterocycles. The highest BCUT2D eigenvalue weighted by Crippen LogP contribution is 2.36. The van der Waals surface area contributed by atoms with Crippen LogP contribution in [0.5, 0.6) is 0 Å². The number of methoxy groups -OCH3 is 1. The number of aliphatic hydroxyl groups excluding tert-OH is 1. The molecule has 1 aliphatic rings. The first-order valence-electron chi connectivity index (χ1n) is 6.11. The summed E-state index contributed by atoms with van der Waals surface area (Å²) in [5.74, 6) is 0.0857. The Morgan fingerprint density at radius 2 is 2.00 bits per heavy atom. The molecular formula is C11H23NO4S. The van der Waals surface area contributed by atoms with Crippen LogP contribution in [0, 0.1) is 5.41 Å². The minimum Gasteiger partial charge on any atom is -0.396 e. The Morgan fingerprint density at radius 3 is 2.53 bits per heavy atom. The molecule has 2 N–H and O–H groups in total. The van der Waals surface area contributed by atoms with E-state index in [4.69, 9.17) is 4.74 Å². The summed E-state index contributed by atoms with van der Waals surface area (Å²) in [4.78, 5) is 0. The van der Waals surface area contributed by atoms with Crippen molar-refractivity contribution in [3.05, 3.63) is 0 Å². The van der Waals surface area contributed by atoms with Crippen LogP contribution in [-0.2, 0) is 14.8 Å². The van der Waals surface area contributed by atoms with Crippen LogP contribution in [-0.4, -0.2) is 46.1 Å². The van der Waals surface area contributed by atoms with Crippen molar-refractivity contribution in [3.8, 4) is 0 Å². The summed E-state index contributed by atoms with van der Waals surface area (Å²) in [6, 6.07) is 0. The molecule has 1 fully saturated rings. The van der Waals surface area contributed by atoms with Crippen LogP contribution in [0.25, 0.3) is 0 Å². The Balaban J connectivity index is 2.37. The topological polar surface area (TPSA) is 75.6 Å². The second kappa shape index (κ2) is 6.68. The van der Waals surface area contributed by atoms with E-state index in [1.54, 1.807) is 7.11 Å². The molecule has 0 spiro atoms. The largest absolute Gasteiger partial charge is 0.396 e. The zero-order valence-electron chi connectivity index (χ0n) is 10.4. The molecule has 0 aromatic carbocycles. The fourth-order valence-electron chi connectivity index (χ4n) is 2.24. The summed E-state index contributed by atoms with van der Waals surface area (Å²) < 4.78 is 30.8. The average Bonchev–Trinajstić information content (AvgIpc) is 2.76. The molecule has 1 saturated carbocycles. The first-order chi connectivity index (χ1) is 8.04. The van der Waals surface area contributed by atoms with Crippen molar-refractivity contribution in [1.82, 2.24) is 4.72 Å². The molecule has 0 aliphatic heterocycles. The van der Waals surface area contributed by atoms with Gasteiger partial charge in [0.25, 0.3) is 0 Å². The quantitative estimate of drug-likeness (QED) is 0.627. The molecule has 0 aromatic rings. The predicted octanol–water partition coefficient (Wildman–Crippen LogP) is 0.495. The molecule has 0 unspecified atom stereocenters. The molecule has 1 rings (SSSR count). The Bertz CT molecular complexity index is 309. The summed E-state index contributed by atoms with van der Waals surface area (Å²) in [6.07, 6.45) is 4.46. The van der Waals surface area contributed by atoms with E-state index in [9.17, 15) is 13.5 Å². The van der Waals surface area contributed by atoms with Crippen LogP contribution >= 0.6 is 0 Å². The van der Waals surface area contributed by atoms with Gasteiger partial charge in [0.05, 0.1) is 5.75 Å². The summed E-state index contributed by atoms with van der Waals surface area (Å²) in [5.41, 5.74) is -0.228. The van der Waals surface area contributed by atoms with Gasteiger partial charge in [-0.2, -0.15) is 0 Å². The Hall–Kier alpha value is -0.170. The van der Waals surface area contributed by atoms with Gasteiger partial charge < -0.3 is 9.84 Å². The van der Waals surface area contributed by atoms with Crippen LogP contribution in [0.2, 0.25) is 0 Å². The highest BCUT2D eigenvalue weighted by atomic mass is 32.2. The van der Waals surface area contributed by atoms with Gasteiger partial charge in [-0.05, 0) is 19.3 Å². The maximum absolute atomic E-state index is 11.7. The van der Waals surface area contributed by atoms with E-state index in [2.05, 4.69) is 4.72 Å². The number of sulfonamides is 1. The van der Waals surface area contributed by atoms with Gasteiger partial charge in [-0.1, -0.05) is 12.8 Å². The molecule has 0 radical (unpaired) electrons. The lowest BCUT2D eigenvalue weighted by Gasteiger charge is -2.26. The highest BCUT2D eigenvalue weighted by molar-refractivity contribution is 7.89. The highest BCUT2D eigenvalue weighted by Gasteiger charge is 2.34. The molecular weight excluding hydrogens is 242 g/mol. The second-order valence-corrected chi connectivity index (χ2v) is 6.78. The lowest BCUT2D eigenvalue weighted by Crippen LogP contribution is -2.39. The van der Waals surface area contributed by atoms with Crippen molar-refractivity contribution in [1.29, 1.82) is 0 Å². The number of hydrogen-bond donors (Lipinski definition) is 2. The lowest BCUT2D eigenvalue weighted by molar-refractivity contribution is 0.134. The van der Waals surface area contributed by atoms with Gasteiger partial charge in [-0.3, -0.25) is 0 Å². The van der Waals surface area contributed by atoms with Gasteiger partial charge in [-0.15, -0.1) is 0 Å². The predicted molar refractivity (Wildman–Crippen MR) is 66.3 cm³/mol. The van der Waals surface area contributed by atoms with Crippen molar-refractivity contribution < 1.29 is 18.3 Å². The first-order valence-corrected chi connectivity index (χ1v) is 7.76. The monoisotopic (exact) mass is 265 g/mol. The second-order valence-electron chi connectivity index (χ2n) is 4.85. The van der Waals surface area contributed by atoms with Gasteiger partial charge in [0.1, 0.15) is 0 Å². The van der Waals surface area contributed by atoms with E-state index >= 15 is 0 Å². The number of ether oxygens (including phenoxy) is 1. The third-order valence-corrected chi connectivity index (χ3v) is 4.84. The lowest BCUT2D eigenvalue weighted by atomic mass is 9.88. The van der Waals surface area contributed by atoms with E-state index in [1.165, 1.54) is 0 Å².